The van der Waals surface area contributed by atoms with E-state index in [4.69, 9.17) is 14.8 Å². The highest BCUT2D eigenvalue weighted by atomic mass is 32.1. The van der Waals surface area contributed by atoms with E-state index in [-0.39, 0.29) is 11.2 Å². The smallest absolute Gasteiger partial charge is 0.283 e. The minimum Gasteiger partial charge on any atom is -0.370 e. The molecule has 2 aromatic rings. The molecule has 6 nitrogen and oxygen atoms in total. The van der Waals surface area contributed by atoms with Crippen molar-refractivity contribution in [3.05, 3.63) is 26.6 Å². The summed E-state index contributed by atoms with van der Waals surface area (Å²) in [4.78, 5) is 23.1. The monoisotopic (exact) mass is 428 g/mol. The number of ether oxygens (including phenoxy) is 1. The van der Waals surface area contributed by atoms with Gasteiger partial charge in [0.2, 0.25) is 0 Å². The van der Waals surface area contributed by atoms with Crippen LogP contribution in [0, 0.1) is 0 Å². The molecule has 0 amide bonds. The molecule has 0 atom stereocenters. The van der Waals surface area contributed by atoms with Gasteiger partial charge in [0.25, 0.3) is 5.56 Å². The molecule has 0 bridgehead atoms. The number of aromatic nitrogens is 2. The Balaban J connectivity index is 1.63. The van der Waals surface area contributed by atoms with Crippen LogP contribution >= 0.6 is 11.3 Å². The lowest BCUT2D eigenvalue weighted by Crippen LogP contribution is -2.33. The van der Waals surface area contributed by atoms with Crippen LogP contribution in [-0.4, -0.2) is 39.6 Å². The fourth-order valence-electron chi connectivity index (χ4n) is 5.09. The van der Waals surface area contributed by atoms with Crippen LogP contribution < -0.4 is 5.56 Å². The van der Waals surface area contributed by atoms with E-state index in [1.54, 1.807) is 16.0 Å². The zero-order valence-corrected chi connectivity index (χ0v) is 19.0. The van der Waals surface area contributed by atoms with E-state index in [0.717, 1.165) is 58.8 Å². The molecule has 1 aliphatic carbocycles. The second kappa shape index (κ2) is 8.08. The highest BCUT2D eigenvalue weighted by Crippen LogP contribution is 2.38. The molecular weight excluding hydrogens is 396 g/mol. The summed E-state index contributed by atoms with van der Waals surface area (Å²) in [6.07, 6.45) is 12.2. The normalized spacial score (nSPS) is 22.7. The third-order valence-electron chi connectivity index (χ3n) is 6.80. The van der Waals surface area contributed by atoms with Crippen molar-refractivity contribution in [3.63, 3.8) is 0 Å². The predicted molar refractivity (Wildman–Crippen MR) is 122 cm³/mol. The SMILES string of the molecule is CC1(C)Cc2c(sc3nc(C4CCCCC4)n(/N=C/N4CCCCC4)c(=O)c23)CO1. The summed E-state index contributed by atoms with van der Waals surface area (Å²) in [7, 11) is 0. The summed E-state index contributed by atoms with van der Waals surface area (Å²) in [6, 6.07) is 0. The maximum Gasteiger partial charge on any atom is 0.283 e. The maximum absolute atomic E-state index is 13.8. The molecule has 0 aromatic carbocycles. The Kier molecular flexibility index (Phi) is 5.44. The Morgan fingerprint density at radius 1 is 1.13 bits per heavy atom. The molecule has 7 heteroatoms. The standard InChI is InChI=1S/C23H32N4O2S/c1-23(2)13-17-18(14-29-23)30-21-19(17)22(28)27(24-15-26-11-7-4-8-12-26)20(25-21)16-9-5-3-6-10-16/h15-16H,3-14H2,1-2H3/b24-15+. The third-order valence-corrected chi connectivity index (χ3v) is 7.90. The van der Waals surface area contributed by atoms with E-state index in [9.17, 15) is 4.79 Å². The number of hydrogen-bond acceptors (Lipinski definition) is 5. The van der Waals surface area contributed by atoms with Gasteiger partial charge in [0.05, 0.1) is 17.6 Å². The van der Waals surface area contributed by atoms with Gasteiger partial charge in [-0.05, 0) is 51.5 Å². The van der Waals surface area contributed by atoms with Crippen molar-refractivity contribution >= 4 is 27.9 Å². The summed E-state index contributed by atoms with van der Waals surface area (Å²) in [5, 5.41) is 5.50. The number of piperidine rings is 1. The van der Waals surface area contributed by atoms with E-state index in [0.29, 0.717) is 12.5 Å². The highest BCUT2D eigenvalue weighted by Gasteiger charge is 2.32. The Bertz CT molecular complexity index is 1010. The van der Waals surface area contributed by atoms with E-state index >= 15 is 0 Å². The number of fused-ring (bicyclic) bond motifs is 3. The quantitative estimate of drug-likeness (QED) is 0.528. The lowest BCUT2D eigenvalue weighted by atomic mass is 9.88. The molecule has 5 rings (SSSR count). The topological polar surface area (TPSA) is 59.7 Å². The molecule has 2 aromatic heterocycles. The Hall–Kier alpha value is -1.73. The third kappa shape index (κ3) is 3.82. The van der Waals surface area contributed by atoms with Crippen LogP contribution in [0.3, 0.4) is 0 Å². The summed E-state index contributed by atoms with van der Waals surface area (Å²) in [5.74, 6) is 1.18. The van der Waals surface area contributed by atoms with Gasteiger partial charge >= 0.3 is 0 Å². The number of hydrogen-bond donors (Lipinski definition) is 0. The first kappa shape index (κ1) is 20.2. The number of likely N-dealkylation sites (tertiary alicyclic amines) is 1. The fourth-order valence-corrected chi connectivity index (χ4v) is 6.20. The van der Waals surface area contributed by atoms with Crippen LogP contribution in [0.15, 0.2) is 9.90 Å². The van der Waals surface area contributed by atoms with Crippen LogP contribution in [-0.2, 0) is 17.8 Å². The minimum atomic E-state index is -0.253. The van der Waals surface area contributed by atoms with Crippen molar-refractivity contribution in [2.24, 2.45) is 5.10 Å². The van der Waals surface area contributed by atoms with Gasteiger partial charge in [0.1, 0.15) is 17.0 Å². The lowest BCUT2D eigenvalue weighted by molar-refractivity contribution is -0.0379. The van der Waals surface area contributed by atoms with Gasteiger partial charge in [-0.15, -0.1) is 11.3 Å². The molecule has 1 saturated heterocycles. The van der Waals surface area contributed by atoms with E-state index < -0.39 is 0 Å². The average Bonchev–Trinajstić information content (AvgIpc) is 3.11. The summed E-state index contributed by atoms with van der Waals surface area (Å²) >= 11 is 1.64. The van der Waals surface area contributed by atoms with E-state index in [1.165, 1.54) is 38.5 Å². The second-order valence-electron chi connectivity index (χ2n) is 9.66. The molecule has 2 fully saturated rings. The van der Waals surface area contributed by atoms with Crippen LogP contribution in [0.4, 0.5) is 0 Å². The van der Waals surface area contributed by atoms with Crippen LogP contribution in [0.2, 0.25) is 0 Å². The summed E-state index contributed by atoms with van der Waals surface area (Å²) < 4.78 is 7.64. The average molecular weight is 429 g/mol. The Morgan fingerprint density at radius 3 is 2.63 bits per heavy atom. The predicted octanol–water partition coefficient (Wildman–Crippen LogP) is 4.63. The van der Waals surface area contributed by atoms with Crippen LogP contribution in [0.5, 0.6) is 0 Å². The van der Waals surface area contributed by atoms with Crippen LogP contribution in [0.25, 0.3) is 10.2 Å². The van der Waals surface area contributed by atoms with Crippen molar-refractivity contribution < 1.29 is 4.74 Å². The van der Waals surface area contributed by atoms with Crippen molar-refractivity contribution in [2.75, 3.05) is 13.1 Å². The van der Waals surface area contributed by atoms with Crippen molar-refractivity contribution in [2.45, 2.75) is 89.8 Å². The first-order valence-electron chi connectivity index (χ1n) is 11.5. The summed E-state index contributed by atoms with van der Waals surface area (Å²) in [6.45, 7) is 6.79. The first-order chi connectivity index (χ1) is 14.5. The highest BCUT2D eigenvalue weighted by molar-refractivity contribution is 7.18. The van der Waals surface area contributed by atoms with E-state index in [2.05, 4.69) is 18.7 Å². The molecular formula is C23H32N4O2S. The van der Waals surface area contributed by atoms with Gasteiger partial charge in [0, 0.05) is 30.3 Å². The maximum atomic E-state index is 13.8. The van der Waals surface area contributed by atoms with Crippen molar-refractivity contribution in [1.29, 1.82) is 0 Å². The summed E-state index contributed by atoms with van der Waals surface area (Å²) in [5.41, 5.74) is 0.877. The molecule has 0 N–H and O–H groups in total. The molecule has 4 heterocycles. The van der Waals surface area contributed by atoms with Gasteiger partial charge in [-0.2, -0.15) is 9.78 Å². The fraction of sp³-hybridized carbons (Fsp3) is 0.696. The molecule has 3 aliphatic rings. The molecule has 2 aliphatic heterocycles. The van der Waals surface area contributed by atoms with Gasteiger partial charge in [0.15, 0.2) is 0 Å². The zero-order chi connectivity index (χ0) is 20.7. The number of rotatable bonds is 3. The van der Waals surface area contributed by atoms with Crippen molar-refractivity contribution in [3.8, 4) is 0 Å². The minimum absolute atomic E-state index is 0.00373. The lowest BCUT2D eigenvalue weighted by Gasteiger charge is -2.30. The molecule has 30 heavy (non-hydrogen) atoms. The van der Waals surface area contributed by atoms with Crippen LogP contribution in [0.1, 0.15) is 87.4 Å². The Labute approximate surface area is 181 Å². The molecule has 0 radical (unpaired) electrons. The molecule has 0 unspecified atom stereocenters. The molecule has 162 valence electrons. The molecule has 0 spiro atoms. The number of thiophene rings is 1. The second-order valence-corrected chi connectivity index (χ2v) is 10.7. The largest absolute Gasteiger partial charge is 0.370 e. The first-order valence-corrected chi connectivity index (χ1v) is 12.3. The number of nitrogens with zero attached hydrogens (tertiary/aromatic N) is 4. The Morgan fingerprint density at radius 2 is 1.87 bits per heavy atom. The van der Waals surface area contributed by atoms with Gasteiger partial charge in [-0.25, -0.2) is 4.98 Å². The molecule has 1 saturated carbocycles. The van der Waals surface area contributed by atoms with E-state index in [1.807, 2.05) is 6.34 Å². The van der Waals surface area contributed by atoms with Gasteiger partial charge in [-0.1, -0.05) is 19.3 Å². The van der Waals surface area contributed by atoms with Crippen molar-refractivity contribution in [1.82, 2.24) is 14.6 Å². The van der Waals surface area contributed by atoms with Gasteiger partial charge in [-0.3, -0.25) is 4.79 Å². The van der Waals surface area contributed by atoms with Gasteiger partial charge < -0.3 is 9.64 Å². The zero-order valence-electron chi connectivity index (χ0n) is 18.2.